The molecule has 0 aliphatic heterocycles. The molecule has 3 aliphatic rings. The fourth-order valence-electron chi connectivity index (χ4n) is 13.6. The predicted molar refractivity (Wildman–Crippen MR) is 301 cm³/mol. The van der Waals surface area contributed by atoms with Gasteiger partial charge in [-0.25, -0.2) is 0 Å². The van der Waals surface area contributed by atoms with Crippen LogP contribution < -0.4 is 0 Å². The van der Waals surface area contributed by atoms with E-state index in [9.17, 15) is 10.5 Å². The van der Waals surface area contributed by atoms with Crippen molar-refractivity contribution < 1.29 is 0 Å². The second-order valence-corrected chi connectivity index (χ2v) is 21.4. The van der Waals surface area contributed by atoms with Gasteiger partial charge in [-0.1, -0.05) is 185 Å². The van der Waals surface area contributed by atoms with Crippen molar-refractivity contribution in [3.05, 3.63) is 220 Å². The highest BCUT2D eigenvalue weighted by atomic mass is 14.9. The highest BCUT2D eigenvalue weighted by Gasteiger charge is 2.54. The number of hydrogen-bond acceptors (Lipinski definition) is 2. The van der Waals surface area contributed by atoms with Crippen LogP contribution in [0.4, 0.5) is 0 Å². The van der Waals surface area contributed by atoms with Gasteiger partial charge in [-0.15, -0.1) is 0 Å². The Morgan fingerprint density at radius 2 is 1.24 bits per heavy atom. The highest BCUT2D eigenvalue weighted by molar-refractivity contribution is 6.33. The Morgan fingerprint density at radius 3 is 1.88 bits per heavy atom. The fraction of sp³-hybridized carbons (Fsp3) is 0.188. The molecule has 10 aromatic rings. The van der Waals surface area contributed by atoms with Gasteiger partial charge in [-0.05, 0) is 158 Å². The SMILES string of the molecule is CCCCC1(C)C=C(C)c2c(C#N)cc3c(c21)c1c(C(=Cc2ccccc2)c2ccccc2)cc(-c2c(-c4ccccc4)cccc2-c2ccccc2)c2c4c5c(c(C#N)cc4n3c12)C1(C)CC1CC=C5C. The highest BCUT2D eigenvalue weighted by Crippen LogP contribution is 2.63. The smallest absolute Gasteiger partial charge is 0.0998 e. The Balaban J connectivity index is 1.36. The van der Waals surface area contributed by atoms with Gasteiger partial charge in [0.25, 0.3) is 0 Å². The molecule has 346 valence electrons. The van der Waals surface area contributed by atoms with Crippen molar-refractivity contribution in [2.75, 3.05) is 0 Å². The normalized spacial score (nSPS) is 19.2. The predicted octanol–water partition coefficient (Wildman–Crippen LogP) is 18.1. The number of nitriles is 2. The molecule has 2 heterocycles. The van der Waals surface area contributed by atoms with Crippen LogP contribution in [0.1, 0.15) is 117 Å². The standard InChI is InChI=1S/C69H55N3/c1-6-7-33-68(4)38-43(3)58-48(40-70)35-57-64(66(58)68)61-54(53(47-27-18-11-19-28-47)34-44-21-12-8-13-22-44)37-55(60-51(45-23-14-9-15-24-45)29-20-30-52(60)46-25-16-10-17-26-46)62-63-56(72(57)67(61)62)36-49(41-71)65-59(63)42(2)31-32-50-39-69(50,65)5/h8-31,34-38,50H,6-7,32-33,39H2,1-5H3. The average molecular weight is 926 g/mol. The molecule has 13 rings (SSSR count). The van der Waals surface area contributed by atoms with Crippen LogP contribution in [0.5, 0.6) is 0 Å². The lowest BCUT2D eigenvalue weighted by atomic mass is 9.76. The van der Waals surface area contributed by atoms with Gasteiger partial charge in [-0.3, -0.25) is 0 Å². The number of unbranched alkanes of at least 4 members (excludes halogenated alkanes) is 1. The maximum absolute atomic E-state index is 11.4. The third-order valence-corrected chi connectivity index (χ3v) is 17.0. The summed E-state index contributed by atoms with van der Waals surface area (Å²) in [4.78, 5) is 0. The maximum atomic E-state index is 11.4. The number of aromatic nitrogens is 1. The van der Waals surface area contributed by atoms with Gasteiger partial charge in [0, 0.05) is 27.0 Å². The van der Waals surface area contributed by atoms with E-state index in [0.29, 0.717) is 11.5 Å². The third kappa shape index (κ3) is 6.33. The third-order valence-electron chi connectivity index (χ3n) is 17.0. The van der Waals surface area contributed by atoms with Gasteiger partial charge < -0.3 is 4.40 Å². The lowest BCUT2D eigenvalue weighted by Crippen LogP contribution is -2.17. The summed E-state index contributed by atoms with van der Waals surface area (Å²) in [5, 5.41) is 27.5. The molecule has 3 unspecified atom stereocenters. The van der Waals surface area contributed by atoms with Crippen LogP contribution >= 0.6 is 0 Å². The molecule has 0 bridgehead atoms. The summed E-state index contributed by atoms with van der Waals surface area (Å²) < 4.78 is 2.50. The van der Waals surface area contributed by atoms with Crippen molar-refractivity contribution in [3.8, 4) is 45.5 Å². The van der Waals surface area contributed by atoms with Gasteiger partial charge in [-0.2, -0.15) is 10.5 Å². The van der Waals surface area contributed by atoms with Crippen LogP contribution in [-0.2, 0) is 10.8 Å². The van der Waals surface area contributed by atoms with Crippen molar-refractivity contribution in [2.24, 2.45) is 5.92 Å². The van der Waals surface area contributed by atoms with Crippen LogP contribution in [0.2, 0.25) is 0 Å². The van der Waals surface area contributed by atoms with Crippen LogP contribution in [0.25, 0.3) is 94.3 Å². The monoisotopic (exact) mass is 925 g/mol. The first-order chi connectivity index (χ1) is 35.2. The Hall–Kier alpha value is -8.24. The summed E-state index contributed by atoms with van der Waals surface area (Å²) in [6.45, 7) is 11.6. The van der Waals surface area contributed by atoms with Crippen molar-refractivity contribution in [1.82, 2.24) is 4.40 Å². The number of nitrogens with zero attached hydrogens (tertiary/aromatic N) is 3. The number of hydrogen-bond donors (Lipinski definition) is 0. The molecule has 0 N–H and O–H groups in total. The molecule has 0 saturated heterocycles. The molecule has 0 amide bonds. The van der Waals surface area contributed by atoms with E-state index in [2.05, 4.69) is 227 Å². The zero-order valence-corrected chi connectivity index (χ0v) is 41.7. The molecule has 3 nitrogen and oxygen atoms in total. The molecule has 8 aromatic carbocycles. The quantitative estimate of drug-likeness (QED) is 0.135. The van der Waals surface area contributed by atoms with Crippen molar-refractivity contribution in [1.29, 1.82) is 10.5 Å². The first kappa shape index (κ1) is 43.8. The van der Waals surface area contributed by atoms with Crippen molar-refractivity contribution >= 4 is 60.9 Å². The molecule has 2 aromatic heterocycles. The number of benzene rings is 8. The Morgan fingerprint density at radius 1 is 0.625 bits per heavy atom. The van der Waals surface area contributed by atoms with E-state index in [1.165, 1.54) is 49.4 Å². The first-order valence-corrected chi connectivity index (χ1v) is 25.9. The lowest BCUT2D eigenvalue weighted by molar-refractivity contribution is 0.521. The summed E-state index contributed by atoms with van der Waals surface area (Å²) in [5.41, 5.74) is 22.7. The summed E-state index contributed by atoms with van der Waals surface area (Å²) in [6, 6.07) is 62.8. The van der Waals surface area contributed by atoms with Gasteiger partial charge >= 0.3 is 0 Å². The van der Waals surface area contributed by atoms with E-state index in [4.69, 9.17) is 0 Å². The number of fused-ring (bicyclic) bond motifs is 12. The number of rotatable bonds is 9. The second kappa shape index (κ2) is 16.4. The van der Waals surface area contributed by atoms with Crippen LogP contribution in [0.15, 0.2) is 170 Å². The van der Waals surface area contributed by atoms with Crippen molar-refractivity contribution in [2.45, 2.75) is 77.6 Å². The molecule has 0 spiro atoms. The molecule has 3 atom stereocenters. The van der Waals surface area contributed by atoms with Crippen LogP contribution in [0.3, 0.4) is 0 Å². The second-order valence-electron chi connectivity index (χ2n) is 21.4. The minimum atomic E-state index is -0.325. The lowest BCUT2D eigenvalue weighted by Gasteiger charge is -2.26. The van der Waals surface area contributed by atoms with Crippen LogP contribution in [0, 0.1) is 28.6 Å². The van der Waals surface area contributed by atoms with E-state index in [-0.39, 0.29) is 10.8 Å². The molecular formula is C69H55N3. The fourth-order valence-corrected chi connectivity index (χ4v) is 13.6. The zero-order valence-electron chi connectivity index (χ0n) is 41.7. The van der Waals surface area contributed by atoms with Gasteiger partial charge in [0.15, 0.2) is 0 Å². The number of allylic oxidation sites excluding steroid dienone is 4. The Labute approximate surface area is 422 Å². The molecule has 1 fully saturated rings. The Bertz CT molecular complexity index is 4000. The topological polar surface area (TPSA) is 52.0 Å². The molecule has 1 saturated carbocycles. The van der Waals surface area contributed by atoms with E-state index >= 15 is 0 Å². The van der Waals surface area contributed by atoms with Crippen LogP contribution in [-0.4, -0.2) is 4.40 Å². The maximum Gasteiger partial charge on any atom is 0.0998 e. The van der Waals surface area contributed by atoms with E-state index in [0.717, 1.165) is 115 Å². The summed E-state index contributed by atoms with van der Waals surface area (Å²) in [5.74, 6) is 0.485. The summed E-state index contributed by atoms with van der Waals surface area (Å²) >= 11 is 0. The molecular weight excluding hydrogens is 871 g/mol. The van der Waals surface area contributed by atoms with Gasteiger partial charge in [0.05, 0.1) is 39.8 Å². The van der Waals surface area contributed by atoms with E-state index in [1.54, 1.807) is 0 Å². The van der Waals surface area contributed by atoms with Gasteiger partial charge in [0.2, 0.25) is 0 Å². The van der Waals surface area contributed by atoms with Gasteiger partial charge in [0.1, 0.15) is 0 Å². The largest absolute Gasteiger partial charge is 0.308 e. The minimum absolute atomic E-state index is 0.114. The van der Waals surface area contributed by atoms with E-state index < -0.39 is 0 Å². The first-order valence-electron chi connectivity index (χ1n) is 25.9. The van der Waals surface area contributed by atoms with Crippen molar-refractivity contribution in [3.63, 3.8) is 0 Å². The Kier molecular flexibility index (Phi) is 9.98. The molecule has 3 aliphatic carbocycles. The molecule has 72 heavy (non-hydrogen) atoms. The summed E-state index contributed by atoms with van der Waals surface area (Å²) in [6.07, 6.45) is 12.5. The van der Waals surface area contributed by atoms with E-state index in [1.807, 2.05) is 0 Å². The summed E-state index contributed by atoms with van der Waals surface area (Å²) in [7, 11) is 0. The zero-order chi connectivity index (χ0) is 49.0. The molecule has 3 heteroatoms. The average Bonchev–Trinajstić information content (AvgIpc) is 3.68. The molecule has 0 radical (unpaired) electrons. The minimum Gasteiger partial charge on any atom is -0.308 e.